The van der Waals surface area contributed by atoms with Gasteiger partial charge >= 0.3 is 0 Å². The highest BCUT2D eigenvalue weighted by atomic mass is 19.1. The normalized spacial score (nSPS) is 10.0. The maximum absolute atomic E-state index is 14.1. The second kappa shape index (κ2) is 4.78. The molecule has 0 aliphatic carbocycles. The molecule has 2 nitrogen and oxygen atoms in total. The van der Waals surface area contributed by atoms with Crippen LogP contribution in [0.1, 0.15) is 10.4 Å². The zero-order valence-corrected chi connectivity index (χ0v) is 9.31. The van der Waals surface area contributed by atoms with E-state index in [1.807, 2.05) is 18.2 Å². The predicted molar refractivity (Wildman–Crippen MR) is 63.8 cm³/mol. The van der Waals surface area contributed by atoms with Gasteiger partial charge in [-0.3, -0.25) is 4.79 Å². The number of carbonyl (C=O) groups is 1. The lowest BCUT2D eigenvalue weighted by molar-refractivity contribution is 0.112. The number of ether oxygens (including phenoxy) is 1. The molecule has 0 spiro atoms. The van der Waals surface area contributed by atoms with E-state index in [2.05, 4.69) is 0 Å². The number of methoxy groups -OCH3 is 1. The third-order valence-corrected chi connectivity index (χ3v) is 2.54. The minimum Gasteiger partial charge on any atom is -0.493 e. The van der Waals surface area contributed by atoms with Gasteiger partial charge in [-0.05, 0) is 11.6 Å². The molecule has 17 heavy (non-hydrogen) atoms. The number of carbonyl (C=O) groups excluding carboxylic acids is 1. The molecule has 0 amide bonds. The standard InChI is InChI=1S/C14H11FO2/c1-17-14-11(9-16)7-8-12(13(14)15)10-5-3-2-4-6-10/h2-9H,1H3. The van der Waals surface area contributed by atoms with Crippen molar-refractivity contribution < 1.29 is 13.9 Å². The van der Waals surface area contributed by atoms with Gasteiger partial charge in [0, 0.05) is 5.56 Å². The van der Waals surface area contributed by atoms with Gasteiger partial charge in [0.2, 0.25) is 0 Å². The summed E-state index contributed by atoms with van der Waals surface area (Å²) < 4.78 is 19.0. The van der Waals surface area contributed by atoms with E-state index in [4.69, 9.17) is 4.74 Å². The third-order valence-electron chi connectivity index (χ3n) is 2.54. The van der Waals surface area contributed by atoms with Crippen LogP contribution < -0.4 is 4.74 Å². The minimum absolute atomic E-state index is 0.0126. The quantitative estimate of drug-likeness (QED) is 0.756. The average Bonchev–Trinajstić information content (AvgIpc) is 2.39. The number of halogens is 1. The number of hydrogen-bond acceptors (Lipinski definition) is 2. The summed E-state index contributed by atoms with van der Waals surface area (Å²) in [7, 11) is 1.35. The van der Waals surface area contributed by atoms with Crippen molar-refractivity contribution in [2.24, 2.45) is 0 Å². The van der Waals surface area contributed by atoms with Crippen LogP contribution in [0.2, 0.25) is 0 Å². The molecule has 86 valence electrons. The van der Waals surface area contributed by atoms with E-state index < -0.39 is 5.82 Å². The first-order chi connectivity index (χ1) is 8.27. The van der Waals surface area contributed by atoms with Gasteiger partial charge in [-0.25, -0.2) is 4.39 Å². The Morgan fingerprint density at radius 2 is 1.82 bits per heavy atom. The van der Waals surface area contributed by atoms with Crippen LogP contribution in [0.4, 0.5) is 4.39 Å². The van der Waals surface area contributed by atoms with E-state index in [1.54, 1.807) is 24.3 Å². The fraction of sp³-hybridized carbons (Fsp3) is 0.0714. The lowest BCUT2D eigenvalue weighted by Crippen LogP contribution is -1.96. The Labute approximate surface area is 98.7 Å². The summed E-state index contributed by atoms with van der Waals surface area (Å²) in [6.07, 6.45) is 0.580. The highest BCUT2D eigenvalue weighted by Gasteiger charge is 2.14. The lowest BCUT2D eigenvalue weighted by Gasteiger charge is -2.09. The van der Waals surface area contributed by atoms with Crippen molar-refractivity contribution in [3.05, 3.63) is 53.8 Å². The van der Waals surface area contributed by atoms with Crippen LogP contribution in [0.3, 0.4) is 0 Å². The van der Waals surface area contributed by atoms with Crippen molar-refractivity contribution in [2.45, 2.75) is 0 Å². The van der Waals surface area contributed by atoms with Crippen molar-refractivity contribution in [1.82, 2.24) is 0 Å². The summed E-state index contributed by atoms with van der Waals surface area (Å²) in [6, 6.07) is 12.3. The Morgan fingerprint density at radius 3 is 2.41 bits per heavy atom. The first-order valence-electron chi connectivity index (χ1n) is 5.15. The van der Waals surface area contributed by atoms with Gasteiger partial charge in [0.25, 0.3) is 0 Å². The molecular formula is C14H11FO2. The molecule has 0 atom stereocenters. The number of benzene rings is 2. The molecule has 0 bridgehead atoms. The van der Waals surface area contributed by atoms with Gasteiger partial charge in [0.15, 0.2) is 17.9 Å². The fourth-order valence-electron chi connectivity index (χ4n) is 1.71. The van der Waals surface area contributed by atoms with Crippen LogP contribution in [0.15, 0.2) is 42.5 Å². The number of aldehydes is 1. The molecule has 2 aromatic carbocycles. The van der Waals surface area contributed by atoms with Crippen LogP contribution in [0.5, 0.6) is 5.75 Å². The van der Waals surface area contributed by atoms with Crippen molar-refractivity contribution in [3.8, 4) is 16.9 Å². The summed E-state index contributed by atoms with van der Waals surface area (Å²) in [5.74, 6) is -0.523. The van der Waals surface area contributed by atoms with Crippen LogP contribution in [0.25, 0.3) is 11.1 Å². The Morgan fingerprint density at radius 1 is 1.12 bits per heavy atom. The van der Waals surface area contributed by atoms with Crippen LogP contribution in [0, 0.1) is 5.82 Å². The van der Waals surface area contributed by atoms with E-state index in [1.165, 1.54) is 7.11 Å². The van der Waals surface area contributed by atoms with Gasteiger partial charge in [-0.2, -0.15) is 0 Å². The molecule has 2 rings (SSSR count). The predicted octanol–water partition coefficient (Wildman–Crippen LogP) is 3.31. The highest BCUT2D eigenvalue weighted by molar-refractivity contribution is 5.82. The molecule has 0 N–H and O–H groups in total. The van der Waals surface area contributed by atoms with E-state index in [-0.39, 0.29) is 11.3 Å². The van der Waals surface area contributed by atoms with Gasteiger partial charge in [0.1, 0.15) is 0 Å². The Bertz CT molecular complexity index is 535. The maximum atomic E-state index is 14.1. The van der Waals surface area contributed by atoms with Crippen LogP contribution in [-0.2, 0) is 0 Å². The van der Waals surface area contributed by atoms with Gasteiger partial charge in [-0.1, -0.05) is 36.4 Å². The molecule has 0 aromatic heterocycles. The monoisotopic (exact) mass is 230 g/mol. The molecule has 0 heterocycles. The SMILES string of the molecule is COc1c(C=O)ccc(-c2ccccc2)c1F. The zero-order chi connectivity index (χ0) is 12.3. The Kier molecular flexibility index (Phi) is 3.19. The molecule has 0 radical (unpaired) electrons. The van der Waals surface area contributed by atoms with E-state index in [0.717, 1.165) is 5.56 Å². The van der Waals surface area contributed by atoms with Crippen LogP contribution in [-0.4, -0.2) is 13.4 Å². The molecule has 2 aromatic rings. The number of hydrogen-bond donors (Lipinski definition) is 0. The second-order valence-electron chi connectivity index (χ2n) is 3.53. The Hall–Kier alpha value is -2.16. The summed E-state index contributed by atoms with van der Waals surface area (Å²) >= 11 is 0. The lowest BCUT2D eigenvalue weighted by atomic mass is 10.0. The topological polar surface area (TPSA) is 26.3 Å². The molecule has 3 heteroatoms. The molecule has 0 aliphatic rings. The molecule has 0 saturated carbocycles. The number of rotatable bonds is 3. The average molecular weight is 230 g/mol. The van der Waals surface area contributed by atoms with Crippen molar-refractivity contribution in [3.63, 3.8) is 0 Å². The molecule has 0 aliphatic heterocycles. The summed E-state index contributed by atoms with van der Waals surface area (Å²) in [5.41, 5.74) is 1.39. The Balaban J connectivity index is 2.61. The minimum atomic E-state index is -0.511. The summed E-state index contributed by atoms with van der Waals surface area (Å²) in [4.78, 5) is 10.7. The fourth-order valence-corrected chi connectivity index (χ4v) is 1.71. The van der Waals surface area contributed by atoms with E-state index in [9.17, 15) is 9.18 Å². The van der Waals surface area contributed by atoms with Crippen molar-refractivity contribution in [1.29, 1.82) is 0 Å². The van der Waals surface area contributed by atoms with Crippen molar-refractivity contribution in [2.75, 3.05) is 7.11 Å². The first-order valence-corrected chi connectivity index (χ1v) is 5.15. The highest BCUT2D eigenvalue weighted by Crippen LogP contribution is 2.31. The zero-order valence-electron chi connectivity index (χ0n) is 9.31. The maximum Gasteiger partial charge on any atom is 0.173 e. The first kappa shape index (κ1) is 11.3. The third kappa shape index (κ3) is 2.04. The largest absolute Gasteiger partial charge is 0.493 e. The van der Waals surface area contributed by atoms with Gasteiger partial charge in [-0.15, -0.1) is 0 Å². The van der Waals surface area contributed by atoms with E-state index >= 15 is 0 Å². The van der Waals surface area contributed by atoms with Crippen molar-refractivity contribution >= 4 is 6.29 Å². The summed E-state index contributed by atoms with van der Waals surface area (Å²) in [6.45, 7) is 0. The van der Waals surface area contributed by atoms with Gasteiger partial charge < -0.3 is 4.74 Å². The molecule has 0 unspecified atom stereocenters. The summed E-state index contributed by atoms with van der Waals surface area (Å²) in [5, 5.41) is 0. The van der Waals surface area contributed by atoms with Gasteiger partial charge in [0.05, 0.1) is 12.7 Å². The smallest absolute Gasteiger partial charge is 0.173 e. The van der Waals surface area contributed by atoms with Crippen LogP contribution >= 0.6 is 0 Å². The molecule has 0 saturated heterocycles. The second-order valence-corrected chi connectivity index (χ2v) is 3.53. The van der Waals surface area contributed by atoms with E-state index in [0.29, 0.717) is 11.8 Å². The molecular weight excluding hydrogens is 219 g/mol. The molecule has 0 fully saturated rings.